The fourth-order valence-electron chi connectivity index (χ4n) is 2.59. The van der Waals surface area contributed by atoms with Crippen LogP contribution in [0.5, 0.6) is 0 Å². The van der Waals surface area contributed by atoms with Gasteiger partial charge in [-0.15, -0.1) is 0 Å². The highest BCUT2D eigenvalue weighted by Crippen LogP contribution is 2.32. The van der Waals surface area contributed by atoms with Gasteiger partial charge in [0.2, 0.25) is 0 Å². The monoisotopic (exact) mass is 521 g/mol. The van der Waals surface area contributed by atoms with Gasteiger partial charge in [0.15, 0.2) is 0 Å². The van der Waals surface area contributed by atoms with E-state index in [2.05, 4.69) is 0 Å². The predicted molar refractivity (Wildman–Crippen MR) is 94.0 cm³/mol. The van der Waals surface area contributed by atoms with Gasteiger partial charge < -0.3 is 49.4 Å². The topological polar surface area (TPSA) is 111 Å². The Kier molecular flexibility index (Phi) is 5.39. The van der Waals surface area contributed by atoms with Crippen LogP contribution in [0.15, 0.2) is 30.3 Å². The van der Waals surface area contributed by atoms with Crippen molar-refractivity contribution in [3.63, 3.8) is 0 Å². The summed E-state index contributed by atoms with van der Waals surface area (Å²) >= 11 is 0. The van der Waals surface area contributed by atoms with Gasteiger partial charge in [-0.05, 0) is 12.0 Å². The summed E-state index contributed by atoms with van der Waals surface area (Å²) in [6.07, 6.45) is 0.663. The zero-order valence-corrected chi connectivity index (χ0v) is 21.7. The van der Waals surface area contributed by atoms with Crippen LogP contribution in [-0.2, 0) is 55.8 Å². The summed E-state index contributed by atoms with van der Waals surface area (Å²) in [5, 5.41) is 0. The average Bonchev–Trinajstić information content (AvgIpc) is 2.56. The Morgan fingerprint density at radius 3 is 1.36 bits per heavy atom. The lowest BCUT2D eigenvalue weighted by atomic mass is 10.2. The molecular weight excluding hydrogens is 513 g/mol. The van der Waals surface area contributed by atoms with E-state index in [0.29, 0.717) is 12.5 Å². The van der Waals surface area contributed by atoms with Crippen molar-refractivity contribution in [1.82, 2.24) is 0 Å². The summed E-state index contributed by atoms with van der Waals surface area (Å²) in [5.74, 6) is 0. The second-order valence-corrected chi connectivity index (χ2v) is 20.8. The van der Waals surface area contributed by atoms with Gasteiger partial charge >= 0.3 is 75.5 Å². The van der Waals surface area contributed by atoms with E-state index in [1.165, 1.54) is 0 Å². The maximum Gasteiger partial charge on any atom is 0.553 e. The molecule has 28 heavy (non-hydrogen) atoms. The van der Waals surface area contributed by atoms with Gasteiger partial charge in [-0.1, -0.05) is 30.3 Å². The minimum Gasteiger partial charge on any atom is -0.371 e. The summed E-state index contributed by atoms with van der Waals surface area (Å²) < 4.78 is 71.0. The van der Waals surface area contributed by atoms with Crippen molar-refractivity contribution in [2.75, 3.05) is 0 Å². The van der Waals surface area contributed by atoms with Crippen LogP contribution in [0.2, 0.25) is 6.04 Å². The van der Waals surface area contributed by atoms with Crippen molar-refractivity contribution < 1.29 is 49.4 Å². The molecule has 0 atom stereocenters. The molecule has 0 amide bonds. The molecular formula is C8H9O12Si8. The summed E-state index contributed by atoms with van der Waals surface area (Å²) in [4.78, 5) is 0. The highest BCUT2D eigenvalue weighted by Gasteiger charge is 2.65. The van der Waals surface area contributed by atoms with Gasteiger partial charge in [0.1, 0.15) is 0 Å². The zero-order chi connectivity index (χ0) is 18.6. The molecule has 0 saturated carbocycles. The van der Waals surface area contributed by atoms with Crippen molar-refractivity contribution in [3.05, 3.63) is 35.9 Å². The van der Waals surface area contributed by atoms with Gasteiger partial charge in [-0.2, -0.15) is 0 Å². The molecule has 12 nitrogen and oxygen atoms in total. The molecule has 0 spiro atoms. The van der Waals surface area contributed by atoms with Crippen molar-refractivity contribution in [2.24, 2.45) is 0 Å². The predicted octanol–water partition coefficient (Wildman–Crippen LogP) is -1.67. The molecule has 6 aliphatic rings. The van der Waals surface area contributed by atoms with Crippen LogP contribution in [0.4, 0.5) is 0 Å². The number of rotatable bonds is 3. The third kappa shape index (κ3) is 4.01. The first-order chi connectivity index (χ1) is 13.7. The van der Waals surface area contributed by atoms with Crippen LogP contribution in [0.1, 0.15) is 5.56 Å². The highest BCUT2D eigenvalue weighted by molar-refractivity contribution is 6.86. The van der Waals surface area contributed by atoms with Gasteiger partial charge in [0.05, 0.1) is 0 Å². The van der Waals surface area contributed by atoms with Crippen LogP contribution < -0.4 is 0 Å². The van der Waals surface area contributed by atoms with Crippen molar-refractivity contribution in [3.8, 4) is 0 Å². The molecule has 1 aromatic rings. The first-order valence-corrected chi connectivity index (χ1v) is 18.5. The summed E-state index contributed by atoms with van der Waals surface area (Å²) in [7, 11) is -19.4. The molecule has 145 valence electrons. The lowest BCUT2D eigenvalue weighted by Gasteiger charge is -2.45. The van der Waals surface area contributed by atoms with Crippen LogP contribution in [0.3, 0.4) is 0 Å². The van der Waals surface area contributed by atoms with Crippen molar-refractivity contribution in [2.45, 2.75) is 12.5 Å². The number of aryl methyl sites for hydroxylation is 1. The van der Waals surface area contributed by atoms with E-state index in [0.717, 1.165) is 5.56 Å². The van der Waals surface area contributed by atoms with E-state index in [4.69, 9.17) is 49.4 Å². The number of hydrogen-bond donors (Lipinski definition) is 0. The number of hydrogen-bond acceptors (Lipinski definition) is 12. The summed E-state index contributed by atoms with van der Waals surface area (Å²) in [6, 6.07) is 10.4. The Bertz CT molecular complexity index is 640. The van der Waals surface area contributed by atoms with E-state index < -0.39 is 75.5 Å². The normalized spacial score (nSPS) is 30.1. The molecule has 7 rings (SSSR count). The van der Waals surface area contributed by atoms with Crippen LogP contribution in [0, 0.1) is 0 Å². The van der Waals surface area contributed by atoms with Crippen LogP contribution in [0.25, 0.3) is 0 Å². The van der Waals surface area contributed by atoms with Crippen LogP contribution >= 0.6 is 0 Å². The molecule has 6 fully saturated rings. The fourth-order valence-corrected chi connectivity index (χ4v) is 25.4. The second kappa shape index (κ2) is 7.87. The van der Waals surface area contributed by atoms with Gasteiger partial charge in [0, 0.05) is 6.04 Å². The zero-order valence-electron chi connectivity index (χ0n) is 13.7. The molecule has 6 aliphatic heterocycles. The van der Waals surface area contributed by atoms with E-state index in [1.807, 2.05) is 30.3 Å². The molecule has 0 unspecified atom stereocenters. The van der Waals surface area contributed by atoms with Crippen molar-refractivity contribution >= 4 is 75.5 Å². The Balaban J connectivity index is 1.35. The molecule has 20 heteroatoms. The Morgan fingerprint density at radius 2 is 0.929 bits per heavy atom. The summed E-state index contributed by atoms with van der Waals surface area (Å²) in [6.45, 7) is 0. The Labute approximate surface area is 173 Å². The lowest BCUT2D eigenvalue weighted by molar-refractivity contribution is 0.0305. The largest absolute Gasteiger partial charge is 0.553 e. The molecule has 6 saturated heterocycles. The minimum absolute atomic E-state index is 0.462. The minimum atomic E-state index is -3.36. The van der Waals surface area contributed by atoms with E-state index in [9.17, 15) is 0 Å². The van der Waals surface area contributed by atoms with Gasteiger partial charge in [-0.3, -0.25) is 0 Å². The standard InChI is InChI=1S/C8H9O12Si8/c1-2-4-8(5-3-1)6-7-28-18-25-12-22-9-21-10-23(14-25)16-27(20-28)17-24(11-21)15-26(13-22)19-28/h1-5H,6-7H2. The third-order valence-corrected chi connectivity index (χ3v) is 22.4. The van der Waals surface area contributed by atoms with Gasteiger partial charge in [0.25, 0.3) is 0 Å². The third-order valence-electron chi connectivity index (χ3n) is 3.78. The van der Waals surface area contributed by atoms with Gasteiger partial charge in [-0.25, -0.2) is 0 Å². The molecule has 0 aromatic heterocycles. The lowest BCUT2D eigenvalue weighted by Crippen LogP contribution is -2.72. The van der Waals surface area contributed by atoms with Crippen LogP contribution in [-0.4, -0.2) is 75.5 Å². The van der Waals surface area contributed by atoms with E-state index in [-0.39, 0.29) is 0 Å². The first kappa shape index (κ1) is 19.2. The average molecular weight is 522 g/mol. The molecule has 1 aromatic carbocycles. The maximum absolute atomic E-state index is 6.22. The maximum atomic E-state index is 6.22. The quantitative estimate of drug-likeness (QED) is 0.424. The highest BCUT2D eigenvalue weighted by atomic mass is 28.6. The molecule has 0 N–H and O–H groups in total. The van der Waals surface area contributed by atoms with E-state index >= 15 is 0 Å². The SMILES string of the molecule is c1ccc(CC[Si]23O[Si]4O[Si]5O[Si]6O[Si](O4)O[Si](O[Si](O6)O[Si](O5)O2)O3)cc1. The summed E-state index contributed by atoms with van der Waals surface area (Å²) in [5.41, 5.74) is 1.12. The Morgan fingerprint density at radius 1 is 0.536 bits per heavy atom. The fraction of sp³-hybridized carbons (Fsp3) is 0.250. The second-order valence-electron chi connectivity index (χ2n) is 5.64. The molecule has 8 bridgehead atoms. The molecule has 6 heterocycles. The molecule has 7 radical (unpaired) electrons. The van der Waals surface area contributed by atoms with E-state index in [1.54, 1.807) is 0 Å². The Hall–Kier alpha value is 0.475. The smallest absolute Gasteiger partial charge is 0.371 e. The molecule has 0 aliphatic carbocycles. The van der Waals surface area contributed by atoms with Crippen molar-refractivity contribution in [1.29, 1.82) is 0 Å². The first-order valence-electron chi connectivity index (χ1n) is 8.02. The number of benzene rings is 1.